The van der Waals surface area contributed by atoms with Gasteiger partial charge in [-0.2, -0.15) is 0 Å². The van der Waals surface area contributed by atoms with Gasteiger partial charge in [0.25, 0.3) is 5.91 Å². The van der Waals surface area contributed by atoms with Gasteiger partial charge in [0.2, 0.25) is 5.91 Å². The third-order valence-electron chi connectivity index (χ3n) is 7.17. The van der Waals surface area contributed by atoms with E-state index < -0.39 is 0 Å². The number of piperidine rings is 1. The molecule has 3 fully saturated rings. The van der Waals surface area contributed by atoms with Gasteiger partial charge < -0.3 is 4.90 Å². The number of benzene rings is 2. The van der Waals surface area contributed by atoms with Crippen LogP contribution in [0.2, 0.25) is 5.02 Å². The van der Waals surface area contributed by atoms with E-state index in [-0.39, 0.29) is 30.1 Å². The fourth-order valence-corrected chi connectivity index (χ4v) is 5.45. The van der Waals surface area contributed by atoms with Crippen molar-refractivity contribution in [1.82, 2.24) is 9.80 Å². The molecule has 0 N–H and O–H groups in total. The van der Waals surface area contributed by atoms with E-state index in [1.807, 2.05) is 12.1 Å². The van der Waals surface area contributed by atoms with Crippen molar-refractivity contribution in [2.75, 3.05) is 49.1 Å². The van der Waals surface area contributed by atoms with Crippen LogP contribution >= 0.6 is 11.6 Å². The summed E-state index contributed by atoms with van der Waals surface area (Å²) in [6.07, 6.45) is 2.23. The average Bonchev–Trinajstić information content (AvgIpc) is 3.14. The number of rotatable bonds is 4. The van der Waals surface area contributed by atoms with Gasteiger partial charge in [-0.3, -0.25) is 19.4 Å². The molecule has 5 rings (SSSR count). The largest absolute Gasteiger partial charge is 0.369 e. The molecule has 2 amide bonds. The molecule has 0 aliphatic carbocycles. The Balaban J connectivity index is 1.14. The van der Waals surface area contributed by atoms with Gasteiger partial charge in [-0.15, -0.1) is 0 Å². The molecular weight excluding hydrogens is 443 g/mol. The summed E-state index contributed by atoms with van der Waals surface area (Å²) >= 11 is 5.95. The van der Waals surface area contributed by atoms with Crippen molar-refractivity contribution < 1.29 is 14.0 Å². The maximum absolute atomic E-state index is 13.2. The third-order valence-corrected chi connectivity index (χ3v) is 7.42. The summed E-state index contributed by atoms with van der Waals surface area (Å²) in [7, 11) is 0. The van der Waals surface area contributed by atoms with Crippen molar-refractivity contribution in [2.45, 2.75) is 31.3 Å². The number of carbonyl (C=O) groups excluding carboxylic acids is 2. The van der Waals surface area contributed by atoms with Gasteiger partial charge in [0.05, 0.1) is 18.2 Å². The minimum Gasteiger partial charge on any atom is -0.369 e. The van der Waals surface area contributed by atoms with Crippen LogP contribution in [0.3, 0.4) is 0 Å². The number of halogens is 2. The lowest BCUT2D eigenvalue weighted by atomic mass is 10.00. The first kappa shape index (κ1) is 22.3. The van der Waals surface area contributed by atoms with E-state index in [4.69, 9.17) is 11.6 Å². The Morgan fingerprint density at radius 2 is 1.36 bits per heavy atom. The summed E-state index contributed by atoms with van der Waals surface area (Å²) in [5, 5.41) is 0.579. The van der Waals surface area contributed by atoms with Crippen LogP contribution in [0.15, 0.2) is 48.5 Å². The zero-order valence-corrected chi connectivity index (χ0v) is 19.3. The maximum atomic E-state index is 13.2. The Morgan fingerprint density at radius 3 is 2.00 bits per heavy atom. The van der Waals surface area contributed by atoms with E-state index in [0.29, 0.717) is 16.8 Å². The summed E-state index contributed by atoms with van der Waals surface area (Å²) < 4.78 is 13.2. The van der Waals surface area contributed by atoms with Crippen LogP contribution in [0.1, 0.15) is 19.3 Å². The molecule has 8 heteroatoms. The standard InChI is InChI=1S/C25H28ClFN4O2/c26-18-1-5-22(6-2-18)31-24(32)17-23(25(31)33)30-11-9-21(10-12-30)29-15-13-28(14-16-29)20-7-3-19(27)4-8-20/h1-8,21,23H,9-17H2/t23-/m0/s1. The van der Waals surface area contributed by atoms with Gasteiger partial charge >= 0.3 is 0 Å². The molecule has 2 aromatic carbocycles. The highest BCUT2D eigenvalue weighted by Crippen LogP contribution is 2.29. The zero-order chi connectivity index (χ0) is 22.9. The predicted molar refractivity (Wildman–Crippen MR) is 127 cm³/mol. The van der Waals surface area contributed by atoms with Crippen LogP contribution in [-0.4, -0.2) is 73.0 Å². The maximum Gasteiger partial charge on any atom is 0.251 e. The number of carbonyl (C=O) groups is 2. The summed E-state index contributed by atoms with van der Waals surface area (Å²) in [5.41, 5.74) is 1.66. The number of hydrogen-bond acceptors (Lipinski definition) is 5. The van der Waals surface area contributed by atoms with E-state index in [1.54, 1.807) is 24.3 Å². The molecule has 0 spiro atoms. The van der Waals surface area contributed by atoms with Crippen molar-refractivity contribution in [1.29, 1.82) is 0 Å². The van der Waals surface area contributed by atoms with Crippen LogP contribution in [0, 0.1) is 5.82 Å². The first-order chi connectivity index (χ1) is 16.0. The van der Waals surface area contributed by atoms with Gasteiger partial charge in [-0.05, 0) is 61.4 Å². The summed E-state index contributed by atoms with van der Waals surface area (Å²) in [6, 6.07) is 13.7. The van der Waals surface area contributed by atoms with Crippen molar-refractivity contribution in [3.63, 3.8) is 0 Å². The van der Waals surface area contributed by atoms with E-state index in [1.165, 1.54) is 17.0 Å². The molecule has 3 saturated heterocycles. The highest BCUT2D eigenvalue weighted by atomic mass is 35.5. The molecule has 33 heavy (non-hydrogen) atoms. The second-order valence-corrected chi connectivity index (χ2v) is 9.47. The van der Waals surface area contributed by atoms with E-state index in [0.717, 1.165) is 57.8 Å². The lowest BCUT2D eigenvalue weighted by Crippen LogP contribution is -2.55. The van der Waals surface area contributed by atoms with Gasteiger partial charge in [-0.25, -0.2) is 9.29 Å². The number of hydrogen-bond donors (Lipinski definition) is 0. The fourth-order valence-electron chi connectivity index (χ4n) is 5.32. The molecule has 2 aromatic rings. The van der Waals surface area contributed by atoms with Gasteiger partial charge in [0.15, 0.2) is 0 Å². The number of nitrogens with zero attached hydrogens (tertiary/aromatic N) is 4. The topological polar surface area (TPSA) is 47.1 Å². The van der Waals surface area contributed by atoms with Crippen LogP contribution in [0.4, 0.5) is 15.8 Å². The van der Waals surface area contributed by atoms with E-state index in [2.05, 4.69) is 14.7 Å². The molecule has 3 aliphatic heterocycles. The van der Waals surface area contributed by atoms with Crippen LogP contribution in [0.25, 0.3) is 0 Å². The molecule has 0 bridgehead atoms. The van der Waals surface area contributed by atoms with Crippen LogP contribution in [-0.2, 0) is 9.59 Å². The Hall–Kier alpha value is -2.48. The number of likely N-dealkylation sites (tertiary alicyclic amines) is 1. The minimum absolute atomic E-state index is 0.131. The molecule has 0 saturated carbocycles. The van der Waals surface area contributed by atoms with E-state index in [9.17, 15) is 14.0 Å². The third kappa shape index (κ3) is 4.63. The lowest BCUT2D eigenvalue weighted by Gasteiger charge is -2.44. The minimum atomic E-state index is -0.371. The Bertz CT molecular complexity index is 1000. The summed E-state index contributed by atoms with van der Waals surface area (Å²) in [5.74, 6) is -0.483. The highest BCUT2D eigenvalue weighted by Gasteiger charge is 2.43. The van der Waals surface area contributed by atoms with Crippen molar-refractivity contribution >= 4 is 34.8 Å². The van der Waals surface area contributed by atoms with Crippen LogP contribution < -0.4 is 9.80 Å². The predicted octanol–water partition coefficient (Wildman–Crippen LogP) is 3.40. The summed E-state index contributed by atoms with van der Waals surface area (Å²) in [4.78, 5) is 34.0. The summed E-state index contributed by atoms with van der Waals surface area (Å²) in [6.45, 7) is 5.46. The Morgan fingerprint density at radius 1 is 0.758 bits per heavy atom. The highest BCUT2D eigenvalue weighted by molar-refractivity contribution is 6.30. The zero-order valence-electron chi connectivity index (χ0n) is 18.5. The lowest BCUT2D eigenvalue weighted by molar-refractivity contribution is -0.123. The first-order valence-corrected chi connectivity index (χ1v) is 12.0. The molecular formula is C25H28ClFN4O2. The van der Waals surface area contributed by atoms with Gasteiger partial charge in [-0.1, -0.05) is 11.6 Å². The van der Waals surface area contributed by atoms with Gasteiger partial charge in [0, 0.05) is 56.0 Å². The molecule has 3 heterocycles. The average molecular weight is 471 g/mol. The van der Waals surface area contributed by atoms with Crippen molar-refractivity contribution in [2.24, 2.45) is 0 Å². The number of piperazine rings is 1. The molecule has 174 valence electrons. The molecule has 1 atom stereocenters. The normalized spacial score (nSPS) is 23.5. The van der Waals surface area contributed by atoms with Crippen molar-refractivity contribution in [3.8, 4) is 0 Å². The first-order valence-electron chi connectivity index (χ1n) is 11.6. The molecule has 0 aromatic heterocycles. The number of imide groups is 1. The monoisotopic (exact) mass is 470 g/mol. The SMILES string of the molecule is O=C1C[C@H](N2CCC(N3CCN(c4ccc(F)cc4)CC3)CC2)C(=O)N1c1ccc(Cl)cc1. The Kier molecular flexibility index (Phi) is 6.36. The molecule has 6 nitrogen and oxygen atoms in total. The quantitative estimate of drug-likeness (QED) is 0.641. The van der Waals surface area contributed by atoms with Crippen molar-refractivity contribution in [3.05, 3.63) is 59.4 Å². The van der Waals surface area contributed by atoms with Crippen LogP contribution in [0.5, 0.6) is 0 Å². The molecule has 0 unspecified atom stereocenters. The smallest absolute Gasteiger partial charge is 0.251 e. The fraction of sp³-hybridized carbons (Fsp3) is 0.440. The van der Waals surface area contributed by atoms with E-state index >= 15 is 0 Å². The second kappa shape index (κ2) is 9.41. The van der Waals surface area contributed by atoms with Gasteiger partial charge in [0.1, 0.15) is 5.82 Å². The molecule has 0 radical (unpaired) electrons. The second-order valence-electron chi connectivity index (χ2n) is 9.03. The molecule has 3 aliphatic rings. The number of amides is 2. The Labute approximate surface area is 198 Å². The number of anilines is 2.